The lowest BCUT2D eigenvalue weighted by Gasteiger charge is -2.09. The highest BCUT2D eigenvalue weighted by Crippen LogP contribution is 2.22. The van der Waals surface area contributed by atoms with E-state index in [1.165, 1.54) is 0 Å². The minimum Gasteiger partial charge on any atom is -0.390 e. The van der Waals surface area contributed by atoms with Gasteiger partial charge >= 0.3 is 0 Å². The van der Waals surface area contributed by atoms with E-state index in [-0.39, 0.29) is 0 Å². The van der Waals surface area contributed by atoms with Crippen molar-refractivity contribution >= 4 is 27.7 Å². The van der Waals surface area contributed by atoms with E-state index >= 15 is 0 Å². The molecule has 1 unspecified atom stereocenters. The van der Waals surface area contributed by atoms with E-state index in [0.29, 0.717) is 19.0 Å². The molecular weight excluding hydrogens is 276 g/mol. The Hall–Kier alpha value is -0.0300. The average Bonchev–Trinajstić information content (AvgIpc) is 2.23. The molecule has 0 aromatic heterocycles. The lowest BCUT2D eigenvalue weighted by Crippen LogP contribution is -2.17. The van der Waals surface area contributed by atoms with Crippen LogP contribution in [-0.4, -0.2) is 30.2 Å². The number of hydrogen-bond donors (Lipinski definition) is 1. The van der Waals surface area contributed by atoms with Crippen LogP contribution in [0.1, 0.15) is 6.92 Å². The average molecular weight is 291 g/mol. The largest absolute Gasteiger partial charge is 0.390 e. The molecule has 84 valence electrons. The van der Waals surface area contributed by atoms with Crippen LogP contribution in [0.15, 0.2) is 33.6 Å². The summed E-state index contributed by atoms with van der Waals surface area (Å²) in [6.07, 6.45) is -0.395. The fourth-order valence-corrected chi connectivity index (χ4v) is 2.47. The molecule has 0 bridgehead atoms. The predicted octanol–water partition coefficient (Wildman–Crippen LogP) is 2.94. The van der Waals surface area contributed by atoms with Gasteiger partial charge in [-0.1, -0.05) is 22.0 Å². The van der Waals surface area contributed by atoms with Gasteiger partial charge in [-0.25, -0.2) is 0 Å². The van der Waals surface area contributed by atoms with Gasteiger partial charge in [-0.2, -0.15) is 0 Å². The standard InChI is InChI=1S/C11H15BrO2S/c1-2-14-7-10(13)8-15-11-5-3-4-9(12)6-11/h3-6,10,13H,2,7-8H2,1H3. The van der Waals surface area contributed by atoms with Crippen LogP contribution in [-0.2, 0) is 4.74 Å². The molecule has 0 fully saturated rings. The Labute approximate surface area is 103 Å². The summed E-state index contributed by atoms with van der Waals surface area (Å²) in [4.78, 5) is 1.15. The molecule has 2 nitrogen and oxygen atoms in total. The van der Waals surface area contributed by atoms with Gasteiger partial charge < -0.3 is 9.84 Å². The quantitative estimate of drug-likeness (QED) is 0.817. The van der Waals surface area contributed by atoms with Crippen molar-refractivity contribution in [2.45, 2.75) is 17.9 Å². The molecule has 0 saturated carbocycles. The van der Waals surface area contributed by atoms with Crippen molar-refractivity contribution in [3.8, 4) is 0 Å². The Balaban J connectivity index is 2.30. The maximum Gasteiger partial charge on any atom is 0.0867 e. The minimum atomic E-state index is -0.395. The summed E-state index contributed by atoms with van der Waals surface area (Å²) in [6, 6.07) is 8.04. The van der Waals surface area contributed by atoms with Crippen molar-refractivity contribution in [2.24, 2.45) is 0 Å². The van der Waals surface area contributed by atoms with Gasteiger partial charge in [-0.3, -0.25) is 0 Å². The normalized spacial score (nSPS) is 12.7. The first-order valence-electron chi connectivity index (χ1n) is 4.86. The van der Waals surface area contributed by atoms with Gasteiger partial charge in [0.05, 0.1) is 12.7 Å². The Morgan fingerprint density at radius 2 is 2.33 bits per heavy atom. The topological polar surface area (TPSA) is 29.5 Å². The SMILES string of the molecule is CCOCC(O)CSc1cccc(Br)c1. The molecule has 1 aromatic rings. The number of rotatable bonds is 6. The highest BCUT2D eigenvalue weighted by molar-refractivity contribution is 9.10. The van der Waals surface area contributed by atoms with Crippen LogP contribution >= 0.6 is 27.7 Å². The van der Waals surface area contributed by atoms with Crippen molar-refractivity contribution in [2.75, 3.05) is 19.0 Å². The molecule has 0 saturated heterocycles. The smallest absolute Gasteiger partial charge is 0.0867 e. The van der Waals surface area contributed by atoms with E-state index in [0.717, 1.165) is 9.37 Å². The Morgan fingerprint density at radius 1 is 1.53 bits per heavy atom. The molecule has 1 aromatic carbocycles. The monoisotopic (exact) mass is 290 g/mol. The fraction of sp³-hybridized carbons (Fsp3) is 0.455. The number of ether oxygens (including phenoxy) is 1. The number of aliphatic hydroxyl groups excluding tert-OH is 1. The first-order chi connectivity index (χ1) is 7.22. The van der Waals surface area contributed by atoms with E-state index in [2.05, 4.69) is 15.9 Å². The number of halogens is 1. The molecule has 0 heterocycles. The maximum absolute atomic E-state index is 9.55. The van der Waals surface area contributed by atoms with Crippen molar-refractivity contribution in [1.82, 2.24) is 0 Å². The molecule has 1 atom stereocenters. The van der Waals surface area contributed by atoms with E-state index in [1.54, 1.807) is 11.8 Å². The van der Waals surface area contributed by atoms with E-state index in [9.17, 15) is 5.11 Å². The first-order valence-corrected chi connectivity index (χ1v) is 6.64. The second-order valence-corrected chi connectivity index (χ2v) is 5.09. The fourth-order valence-electron chi connectivity index (χ4n) is 1.05. The van der Waals surface area contributed by atoms with Crippen LogP contribution in [0.2, 0.25) is 0 Å². The third-order valence-electron chi connectivity index (χ3n) is 1.75. The number of aliphatic hydroxyl groups is 1. The van der Waals surface area contributed by atoms with Crippen LogP contribution in [0.4, 0.5) is 0 Å². The van der Waals surface area contributed by atoms with E-state index in [4.69, 9.17) is 4.74 Å². The maximum atomic E-state index is 9.55. The van der Waals surface area contributed by atoms with Crippen molar-refractivity contribution < 1.29 is 9.84 Å². The van der Waals surface area contributed by atoms with Crippen LogP contribution in [0.3, 0.4) is 0 Å². The summed E-state index contributed by atoms with van der Waals surface area (Å²) in [6.45, 7) is 2.99. The predicted molar refractivity (Wildman–Crippen MR) is 67.4 cm³/mol. The Morgan fingerprint density at radius 3 is 3.00 bits per heavy atom. The van der Waals surface area contributed by atoms with Crippen LogP contribution < -0.4 is 0 Å². The van der Waals surface area contributed by atoms with Gasteiger partial charge in [0.15, 0.2) is 0 Å². The van der Waals surface area contributed by atoms with E-state index in [1.807, 2.05) is 31.2 Å². The molecule has 0 aliphatic carbocycles. The van der Waals surface area contributed by atoms with Gasteiger partial charge in [0, 0.05) is 21.7 Å². The van der Waals surface area contributed by atoms with Crippen molar-refractivity contribution in [3.63, 3.8) is 0 Å². The Bertz CT molecular complexity index is 294. The molecule has 1 rings (SSSR count). The highest BCUT2D eigenvalue weighted by Gasteiger charge is 2.04. The van der Waals surface area contributed by atoms with Crippen LogP contribution in [0, 0.1) is 0 Å². The van der Waals surface area contributed by atoms with Gasteiger partial charge in [0.2, 0.25) is 0 Å². The van der Waals surface area contributed by atoms with Gasteiger partial charge in [-0.05, 0) is 25.1 Å². The molecule has 0 aliphatic rings. The zero-order valence-corrected chi connectivity index (χ0v) is 11.1. The van der Waals surface area contributed by atoms with Crippen molar-refractivity contribution in [1.29, 1.82) is 0 Å². The summed E-state index contributed by atoms with van der Waals surface area (Å²) < 4.78 is 6.20. The van der Waals surface area contributed by atoms with Gasteiger partial charge in [0.1, 0.15) is 0 Å². The summed E-state index contributed by atoms with van der Waals surface area (Å²) in [5.41, 5.74) is 0. The molecule has 0 amide bonds. The third kappa shape index (κ3) is 5.56. The molecule has 4 heteroatoms. The zero-order chi connectivity index (χ0) is 11.1. The van der Waals surface area contributed by atoms with Crippen LogP contribution in [0.5, 0.6) is 0 Å². The van der Waals surface area contributed by atoms with Crippen molar-refractivity contribution in [3.05, 3.63) is 28.7 Å². The third-order valence-corrected chi connectivity index (χ3v) is 3.38. The molecule has 15 heavy (non-hydrogen) atoms. The summed E-state index contributed by atoms with van der Waals surface area (Å²) >= 11 is 5.04. The minimum absolute atomic E-state index is 0.395. The zero-order valence-electron chi connectivity index (χ0n) is 8.65. The lowest BCUT2D eigenvalue weighted by atomic mass is 10.4. The van der Waals surface area contributed by atoms with E-state index < -0.39 is 6.10 Å². The lowest BCUT2D eigenvalue weighted by molar-refractivity contribution is 0.0551. The summed E-state index contributed by atoms with van der Waals surface area (Å²) in [7, 11) is 0. The first kappa shape index (κ1) is 13.0. The number of benzene rings is 1. The second kappa shape index (κ2) is 7.28. The molecular formula is C11H15BrO2S. The van der Waals surface area contributed by atoms with Crippen LogP contribution in [0.25, 0.3) is 0 Å². The van der Waals surface area contributed by atoms with Gasteiger partial charge in [-0.15, -0.1) is 11.8 Å². The Kier molecular flexibility index (Phi) is 6.32. The highest BCUT2D eigenvalue weighted by atomic mass is 79.9. The molecule has 1 N–H and O–H groups in total. The second-order valence-electron chi connectivity index (χ2n) is 3.08. The number of hydrogen-bond acceptors (Lipinski definition) is 3. The molecule has 0 aliphatic heterocycles. The van der Waals surface area contributed by atoms with Gasteiger partial charge in [0.25, 0.3) is 0 Å². The number of thioether (sulfide) groups is 1. The summed E-state index contributed by atoms with van der Waals surface area (Å²) in [5.74, 6) is 0.663. The molecule has 0 spiro atoms. The molecule has 0 radical (unpaired) electrons. The summed E-state index contributed by atoms with van der Waals surface area (Å²) in [5, 5.41) is 9.55.